The van der Waals surface area contributed by atoms with E-state index >= 15 is 0 Å². The third-order valence-corrected chi connectivity index (χ3v) is 3.80. The Bertz CT molecular complexity index is 418. The lowest BCUT2D eigenvalue weighted by Crippen LogP contribution is -2.21. The van der Waals surface area contributed by atoms with Crippen molar-refractivity contribution in [3.63, 3.8) is 0 Å². The molecule has 1 saturated carbocycles. The zero-order valence-corrected chi connectivity index (χ0v) is 9.91. The molecule has 1 aromatic carbocycles. The van der Waals surface area contributed by atoms with Gasteiger partial charge in [0.2, 0.25) is 0 Å². The smallest absolute Gasteiger partial charge is 0.387 e. The van der Waals surface area contributed by atoms with Crippen molar-refractivity contribution in [2.24, 2.45) is 5.41 Å². The Kier molecular flexibility index (Phi) is 2.86. The minimum Gasteiger partial charge on any atom is -0.435 e. The molecule has 0 bridgehead atoms. The molecule has 1 N–H and O–H groups in total. The standard InChI is InChI=1S/C13H16F2O2/c1-12(2)7-13(12,8-16)9-5-3-4-6-10(9)17-11(14)15/h3-6,11,16H,7-8H2,1-2H3. The molecule has 1 aliphatic rings. The van der Waals surface area contributed by atoms with Crippen molar-refractivity contribution in [3.8, 4) is 5.75 Å². The molecule has 94 valence electrons. The molecule has 1 unspecified atom stereocenters. The summed E-state index contributed by atoms with van der Waals surface area (Å²) in [4.78, 5) is 0. The van der Waals surface area contributed by atoms with Gasteiger partial charge in [0.05, 0.1) is 6.61 Å². The van der Waals surface area contributed by atoms with Gasteiger partial charge in [0, 0.05) is 11.0 Å². The first-order valence-corrected chi connectivity index (χ1v) is 5.58. The molecular formula is C13H16F2O2. The third-order valence-electron chi connectivity index (χ3n) is 3.80. The number of aliphatic hydroxyl groups excluding tert-OH is 1. The quantitative estimate of drug-likeness (QED) is 0.879. The Balaban J connectivity index is 2.39. The van der Waals surface area contributed by atoms with Gasteiger partial charge < -0.3 is 9.84 Å². The van der Waals surface area contributed by atoms with E-state index in [4.69, 9.17) is 0 Å². The molecule has 0 amide bonds. The maximum atomic E-state index is 12.3. The van der Waals surface area contributed by atoms with E-state index in [9.17, 15) is 13.9 Å². The predicted molar refractivity (Wildman–Crippen MR) is 60.2 cm³/mol. The summed E-state index contributed by atoms with van der Waals surface area (Å²) in [7, 11) is 0. The van der Waals surface area contributed by atoms with Gasteiger partial charge in [-0.15, -0.1) is 0 Å². The number of rotatable bonds is 4. The summed E-state index contributed by atoms with van der Waals surface area (Å²) in [6, 6.07) is 6.71. The zero-order chi connectivity index (χ0) is 12.7. The van der Waals surface area contributed by atoms with Crippen LogP contribution in [0.1, 0.15) is 25.8 Å². The highest BCUT2D eigenvalue weighted by Crippen LogP contribution is 2.65. The number of ether oxygens (including phenoxy) is 1. The van der Waals surface area contributed by atoms with Gasteiger partial charge in [-0.25, -0.2) is 0 Å². The summed E-state index contributed by atoms with van der Waals surface area (Å²) in [5.41, 5.74) is 0.148. The van der Waals surface area contributed by atoms with E-state index in [0.717, 1.165) is 6.42 Å². The zero-order valence-electron chi connectivity index (χ0n) is 9.91. The van der Waals surface area contributed by atoms with Crippen LogP contribution in [0.4, 0.5) is 8.78 Å². The minimum atomic E-state index is -2.84. The van der Waals surface area contributed by atoms with Crippen LogP contribution in [0.25, 0.3) is 0 Å². The number of para-hydroxylation sites is 1. The van der Waals surface area contributed by atoms with Crippen molar-refractivity contribution < 1.29 is 18.6 Å². The molecule has 0 heterocycles. The maximum absolute atomic E-state index is 12.3. The number of aliphatic hydroxyl groups is 1. The number of alkyl halides is 2. The van der Waals surface area contributed by atoms with Gasteiger partial charge in [0.1, 0.15) is 5.75 Å². The lowest BCUT2D eigenvalue weighted by atomic mass is 9.88. The number of benzene rings is 1. The van der Waals surface area contributed by atoms with Crippen LogP contribution in [-0.4, -0.2) is 18.3 Å². The van der Waals surface area contributed by atoms with E-state index in [1.165, 1.54) is 6.07 Å². The van der Waals surface area contributed by atoms with Gasteiger partial charge in [-0.3, -0.25) is 0 Å². The van der Waals surface area contributed by atoms with E-state index < -0.39 is 12.0 Å². The first kappa shape index (κ1) is 12.3. The normalized spacial score (nSPS) is 26.0. The number of hydrogen-bond acceptors (Lipinski definition) is 2. The number of hydrogen-bond donors (Lipinski definition) is 1. The van der Waals surface area contributed by atoms with Gasteiger partial charge in [-0.2, -0.15) is 8.78 Å². The van der Waals surface area contributed by atoms with E-state index in [2.05, 4.69) is 4.74 Å². The summed E-state index contributed by atoms with van der Waals surface area (Å²) >= 11 is 0. The van der Waals surface area contributed by atoms with E-state index in [1.807, 2.05) is 13.8 Å². The van der Waals surface area contributed by atoms with Crippen LogP contribution >= 0.6 is 0 Å². The van der Waals surface area contributed by atoms with Crippen molar-refractivity contribution in [2.45, 2.75) is 32.3 Å². The average molecular weight is 242 g/mol. The molecule has 1 aromatic rings. The van der Waals surface area contributed by atoms with Crippen LogP contribution in [-0.2, 0) is 5.41 Å². The summed E-state index contributed by atoms with van der Waals surface area (Å²) in [5, 5.41) is 9.56. The summed E-state index contributed by atoms with van der Waals surface area (Å²) in [6.45, 7) is 1.14. The molecule has 17 heavy (non-hydrogen) atoms. The second-order valence-electron chi connectivity index (χ2n) is 5.18. The molecule has 0 spiro atoms. The summed E-state index contributed by atoms with van der Waals surface area (Å²) in [5.74, 6) is 0.169. The highest BCUT2D eigenvalue weighted by molar-refractivity contribution is 5.46. The van der Waals surface area contributed by atoms with Gasteiger partial charge in [0.25, 0.3) is 0 Å². The van der Waals surface area contributed by atoms with Crippen molar-refractivity contribution in [1.82, 2.24) is 0 Å². The first-order valence-electron chi connectivity index (χ1n) is 5.58. The molecule has 0 radical (unpaired) electrons. The molecule has 4 heteroatoms. The van der Waals surface area contributed by atoms with Gasteiger partial charge >= 0.3 is 6.61 Å². The van der Waals surface area contributed by atoms with Gasteiger partial charge in [0.15, 0.2) is 0 Å². The molecule has 1 aliphatic carbocycles. The van der Waals surface area contributed by atoms with Crippen molar-refractivity contribution in [3.05, 3.63) is 29.8 Å². The van der Waals surface area contributed by atoms with E-state index in [0.29, 0.717) is 5.56 Å². The van der Waals surface area contributed by atoms with Crippen LogP contribution in [0.5, 0.6) is 5.75 Å². The molecule has 2 nitrogen and oxygen atoms in total. The second kappa shape index (κ2) is 3.95. The lowest BCUT2D eigenvalue weighted by Gasteiger charge is -2.21. The van der Waals surface area contributed by atoms with Crippen LogP contribution in [0.3, 0.4) is 0 Å². The van der Waals surface area contributed by atoms with Crippen LogP contribution in [0.2, 0.25) is 0 Å². The largest absolute Gasteiger partial charge is 0.435 e. The monoisotopic (exact) mass is 242 g/mol. The fourth-order valence-corrected chi connectivity index (χ4v) is 2.59. The molecule has 0 aliphatic heterocycles. The Hall–Kier alpha value is -1.16. The average Bonchev–Trinajstić information content (AvgIpc) is 2.82. The van der Waals surface area contributed by atoms with Crippen molar-refractivity contribution in [1.29, 1.82) is 0 Å². The fraction of sp³-hybridized carbons (Fsp3) is 0.538. The maximum Gasteiger partial charge on any atom is 0.387 e. The molecular weight excluding hydrogens is 226 g/mol. The minimum absolute atomic E-state index is 0.0520. The van der Waals surface area contributed by atoms with E-state index in [-0.39, 0.29) is 17.8 Å². The topological polar surface area (TPSA) is 29.5 Å². The second-order valence-corrected chi connectivity index (χ2v) is 5.18. The van der Waals surface area contributed by atoms with Crippen LogP contribution in [0, 0.1) is 5.41 Å². The Labute approximate surface area is 99.2 Å². The summed E-state index contributed by atoms with van der Waals surface area (Å²) in [6.07, 6.45) is 0.778. The highest BCUT2D eigenvalue weighted by atomic mass is 19.3. The van der Waals surface area contributed by atoms with Gasteiger partial charge in [-0.05, 0) is 17.9 Å². The van der Waals surface area contributed by atoms with Crippen LogP contribution in [0.15, 0.2) is 24.3 Å². The molecule has 0 aromatic heterocycles. The molecule has 2 rings (SSSR count). The molecule has 0 saturated heterocycles. The van der Waals surface area contributed by atoms with Crippen molar-refractivity contribution >= 4 is 0 Å². The Morgan fingerprint density at radius 1 is 1.35 bits per heavy atom. The Morgan fingerprint density at radius 3 is 2.41 bits per heavy atom. The van der Waals surface area contributed by atoms with E-state index in [1.54, 1.807) is 18.2 Å². The first-order chi connectivity index (χ1) is 7.93. The lowest BCUT2D eigenvalue weighted by molar-refractivity contribution is -0.0510. The fourth-order valence-electron chi connectivity index (χ4n) is 2.59. The number of halogens is 2. The molecule has 1 fully saturated rings. The third kappa shape index (κ3) is 1.90. The predicted octanol–water partition coefficient (Wildman–Crippen LogP) is 2.95. The van der Waals surface area contributed by atoms with Crippen molar-refractivity contribution in [2.75, 3.05) is 6.61 Å². The molecule has 1 atom stereocenters. The summed E-state index contributed by atoms with van der Waals surface area (Å²) < 4.78 is 29.2. The SMILES string of the molecule is CC1(C)CC1(CO)c1ccccc1OC(F)F. The Morgan fingerprint density at radius 2 is 1.94 bits per heavy atom. The highest BCUT2D eigenvalue weighted by Gasteiger charge is 2.62. The van der Waals surface area contributed by atoms with Gasteiger partial charge in [-0.1, -0.05) is 32.0 Å². The van der Waals surface area contributed by atoms with Crippen LogP contribution < -0.4 is 4.74 Å².